The van der Waals surface area contributed by atoms with E-state index in [1.807, 2.05) is 42.5 Å². The number of nitrogens with zero attached hydrogens (tertiary/aromatic N) is 1. The van der Waals surface area contributed by atoms with Crippen LogP contribution in [-0.4, -0.2) is 51.2 Å². The Labute approximate surface area is 218 Å². The van der Waals surface area contributed by atoms with E-state index >= 15 is 0 Å². The molecule has 8 heteroatoms. The first kappa shape index (κ1) is 28.7. The lowest BCUT2D eigenvalue weighted by molar-refractivity contribution is -0.872. The van der Waals surface area contributed by atoms with Crippen molar-refractivity contribution in [2.75, 3.05) is 35.0 Å². The summed E-state index contributed by atoms with van der Waals surface area (Å²) in [6.45, 7) is 2.12. The van der Waals surface area contributed by atoms with Crippen LogP contribution >= 0.6 is 0 Å². The third-order valence-corrected chi connectivity index (χ3v) is 6.08. The van der Waals surface area contributed by atoms with Crippen molar-refractivity contribution in [2.24, 2.45) is 0 Å². The van der Waals surface area contributed by atoms with E-state index in [1.165, 1.54) is 6.92 Å². The first-order chi connectivity index (χ1) is 16.9. The first-order valence-corrected chi connectivity index (χ1v) is 11.2. The predicted octanol–water partition coefficient (Wildman–Crippen LogP) is 1.67. The molecule has 36 heavy (non-hydrogen) atoms. The molecule has 3 rings (SSSR count). The summed E-state index contributed by atoms with van der Waals surface area (Å²) in [4.78, 5) is 26.6. The minimum atomic E-state index is -0.126. The third-order valence-electron chi connectivity index (χ3n) is 6.08. The molecule has 0 fully saturated rings. The van der Waals surface area contributed by atoms with Crippen LogP contribution in [0.2, 0.25) is 0 Å². The van der Waals surface area contributed by atoms with Crippen molar-refractivity contribution in [1.82, 2.24) is 0 Å². The maximum Gasteiger partial charge on any atom is 0.311 e. The molecule has 3 aromatic carbocycles. The SMILES string of the molecule is COc1ccc(C[N+](CC(=O)c2ccccc2)(Cc2ccc(OC)c(OC)c2)C(C)=O)cc1OC.[Cl-]. The molecule has 0 heterocycles. The van der Waals surface area contributed by atoms with E-state index in [0.717, 1.165) is 11.1 Å². The summed E-state index contributed by atoms with van der Waals surface area (Å²) >= 11 is 0. The van der Waals surface area contributed by atoms with Crippen molar-refractivity contribution in [2.45, 2.75) is 20.0 Å². The van der Waals surface area contributed by atoms with E-state index in [9.17, 15) is 9.59 Å². The van der Waals surface area contributed by atoms with Gasteiger partial charge in [0.05, 0.1) is 35.4 Å². The number of ether oxygens (including phenoxy) is 4. The largest absolute Gasteiger partial charge is 1.00 e. The molecule has 0 aliphatic rings. The molecule has 0 radical (unpaired) electrons. The maximum absolute atomic E-state index is 13.3. The van der Waals surface area contributed by atoms with Crippen molar-refractivity contribution >= 4 is 11.7 Å². The Morgan fingerprint density at radius 3 is 1.50 bits per heavy atom. The van der Waals surface area contributed by atoms with Crippen LogP contribution in [0.25, 0.3) is 0 Å². The van der Waals surface area contributed by atoms with Crippen LogP contribution in [0.3, 0.4) is 0 Å². The van der Waals surface area contributed by atoms with E-state index in [4.69, 9.17) is 18.9 Å². The number of rotatable bonds is 11. The van der Waals surface area contributed by atoms with Crippen molar-refractivity contribution in [1.29, 1.82) is 0 Å². The number of halogens is 1. The highest BCUT2D eigenvalue weighted by atomic mass is 35.5. The molecule has 0 unspecified atom stereocenters. The van der Waals surface area contributed by atoms with E-state index < -0.39 is 0 Å². The summed E-state index contributed by atoms with van der Waals surface area (Å²) in [5.74, 6) is 2.08. The monoisotopic (exact) mass is 513 g/mol. The lowest BCUT2D eigenvalue weighted by Crippen LogP contribution is -3.00. The molecule has 192 valence electrons. The summed E-state index contributed by atoms with van der Waals surface area (Å²) in [5.41, 5.74) is 2.26. The van der Waals surface area contributed by atoms with Crippen LogP contribution in [0.15, 0.2) is 66.7 Å². The van der Waals surface area contributed by atoms with Crippen molar-refractivity contribution in [3.05, 3.63) is 83.4 Å². The maximum atomic E-state index is 13.3. The topological polar surface area (TPSA) is 71.1 Å². The van der Waals surface area contributed by atoms with Gasteiger partial charge in [-0.15, -0.1) is 0 Å². The van der Waals surface area contributed by atoms with Gasteiger partial charge in [-0.25, -0.2) is 9.28 Å². The molecule has 0 N–H and O–H groups in total. The average molecular weight is 514 g/mol. The first-order valence-electron chi connectivity index (χ1n) is 11.2. The minimum Gasteiger partial charge on any atom is -1.00 e. The normalized spacial score (nSPS) is 10.7. The van der Waals surface area contributed by atoms with Crippen LogP contribution in [0.5, 0.6) is 23.0 Å². The van der Waals surface area contributed by atoms with Crippen molar-refractivity contribution in [3.63, 3.8) is 0 Å². The molecule has 7 nitrogen and oxygen atoms in total. The molecular weight excluding hydrogens is 482 g/mol. The molecule has 1 amide bonds. The molecule has 0 saturated heterocycles. The van der Waals surface area contributed by atoms with Gasteiger partial charge in [0.15, 0.2) is 29.5 Å². The number of hydrogen-bond acceptors (Lipinski definition) is 6. The molecule has 0 spiro atoms. The average Bonchev–Trinajstić information content (AvgIpc) is 2.88. The lowest BCUT2D eigenvalue weighted by Gasteiger charge is -2.35. The second-order valence-electron chi connectivity index (χ2n) is 8.31. The second-order valence-corrected chi connectivity index (χ2v) is 8.31. The second kappa shape index (κ2) is 13.0. The number of hydrogen-bond donors (Lipinski definition) is 0. The molecular formula is C28H32ClNO6. The van der Waals surface area contributed by atoms with E-state index in [0.29, 0.717) is 41.7 Å². The third kappa shape index (κ3) is 6.56. The fourth-order valence-electron chi connectivity index (χ4n) is 4.15. The quantitative estimate of drug-likeness (QED) is 0.287. The molecule has 0 bridgehead atoms. The van der Waals surface area contributed by atoms with Gasteiger partial charge in [0.25, 0.3) is 0 Å². The summed E-state index contributed by atoms with van der Waals surface area (Å²) in [5, 5.41) is 0. The number of Topliss-reactive ketones (excluding diaryl/α,β-unsaturated/α-hetero) is 1. The van der Waals surface area contributed by atoms with Gasteiger partial charge in [-0.1, -0.05) is 30.3 Å². The van der Waals surface area contributed by atoms with Gasteiger partial charge in [-0.2, -0.15) is 0 Å². The molecule has 0 aromatic heterocycles. The number of ketones is 1. The van der Waals surface area contributed by atoms with Gasteiger partial charge in [0, 0.05) is 16.7 Å². The zero-order chi connectivity index (χ0) is 25.4. The van der Waals surface area contributed by atoms with Crippen LogP contribution < -0.4 is 31.4 Å². The summed E-state index contributed by atoms with van der Waals surface area (Å²) < 4.78 is 21.5. The molecule has 0 atom stereocenters. The molecule has 3 aromatic rings. The summed E-state index contributed by atoms with van der Waals surface area (Å²) in [6, 6.07) is 20.1. The van der Waals surface area contributed by atoms with Crippen LogP contribution in [0.1, 0.15) is 28.4 Å². The lowest BCUT2D eigenvalue weighted by atomic mass is 10.0. The Morgan fingerprint density at radius 1 is 0.667 bits per heavy atom. The fourth-order valence-corrected chi connectivity index (χ4v) is 4.15. The summed E-state index contributed by atoms with van der Waals surface area (Å²) in [7, 11) is 6.28. The van der Waals surface area contributed by atoms with Gasteiger partial charge in [-0.3, -0.25) is 4.79 Å². The Bertz CT molecular complexity index is 1120. The Balaban J connectivity index is 0.00000456. The summed E-state index contributed by atoms with van der Waals surface area (Å²) in [6.07, 6.45) is 0. The van der Waals surface area contributed by atoms with Gasteiger partial charge >= 0.3 is 5.91 Å². The van der Waals surface area contributed by atoms with E-state index in [-0.39, 0.29) is 35.1 Å². The highest BCUT2D eigenvalue weighted by Crippen LogP contribution is 2.32. The predicted molar refractivity (Wildman–Crippen MR) is 133 cm³/mol. The Morgan fingerprint density at radius 2 is 1.11 bits per heavy atom. The molecule has 0 saturated carbocycles. The number of carbonyl (C=O) groups excluding carboxylic acids is 2. The minimum absolute atomic E-state index is 0. The van der Waals surface area contributed by atoms with Gasteiger partial charge in [0.1, 0.15) is 13.1 Å². The van der Waals surface area contributed by atoms with Gasteiger partial charge in [-0.05, 0) is 36.4 Å². The fraction of sp³-hybridized carbons (Fsp3) is 0.286. The highest BCUT2D eigenvalue weighted by Gasteiger charge is 2.37. The van der Waals surface area contributed by atoms with E-state index in [2.05, 4.69) is 0 Å². The highest BCUT2D eigenvalue weighted by molar-refractivity contribution is 5.97. The standard InChI is InChI=1S/C28H32NO6.ClH/c1-20(30)29(19-24(31)23-9-7-6-8-10-23,17-21-11-13-25(32-2)27(15-21)34-4)18-22-12-14-26(33-3)28(16-22)35-5;/h6-16H,17-19H2,1-5H3;1H/q+1;/p-1. The number of carbonyl (C=O) groups is 2. The number of quaternary nitrogens is 1. The number of amides is 1. The molecule has 0 aliphatic carbocycles. The molecule has 0 aliphatic heterocycles. The van der Waals surface area contributed by atoms with Crippen LogP contribution in [-0.2, 0) is 17.9 Å². The Kier molecular flexibility index (Phi) is 10.3. The van der Waals surface area contributed by atoms with E-state index in [1.54, 1.807) is 52.7 Å². The van der Waals surface area contributed by atoms with Crippen LogP contribution in [0.4, 0.5) is 0 Å². The Hall–Kier alpha value is -3.55. The van der Waals surface area contributed by atoms with Crippen LogP contribution in [0, 0.1) is 0 Å². The van der Waals surface area contributed by atoms with Gasteiger partial charge in [0.2, 0.25) is 5.78 Å². The number of benzene rings is 3. The zero-order valence-electron chi connectivity index (χ0n) is 21.2. The zero-order valence-corrected chi connectivity index (χ0v) is 22.0. The van der Waals surface area contributed by atoms with Gasteiger partial charge < -0.3 is 31.4 Å². The van der Waals surface area contributed by atoms with Crippen molar-refractivity contribution in [3.8, 4) is 23.0 Å². The van der Waals surface area contributed by atoms with Crippen molar-refractivity contribution < 1.29 is 45.4 Å². The smallest absolute Gasteiger partial charge is 0.311 e. The number of methoxy groups -OCH3 is 4.